The molecule has 1 fully saturated rings. The lowest BCUT2D eigenvalue weighted by Gasteiger charge is -2.08. The summed E-state index contributed by atoms with van der Waals surface area (Å²) in [5.41, 5.74) is 0. The molecular weight excluding hydrogens is 132 g/mol. The first-order valence-corrected chi connectivity index (χ1v) is 5.25. The third kappa shape index (κ3) is 2.84. The summed E-state index contributed by atoms with van der Waals surface area (Å²) in [6.07, 6.45) is 7.25. The summed E-state index contributed by atoms with van der Waals surface area (Å²) < 4.78 is 0. The standard InChI is InChI=1S/C11H22/c1-4-5-6-7-9(2)11-8-10(11)3/h9-11H,4-8H2,1-3H3. The summed E-state index contributed by atoms with van der Waals surface area (Å²) >= 11 is 0. The van der Waals surface area contributed by atoms with Gasteiger partial charge in [0.1, 0.15) is 0 Å². The van der Waals surface area contributed by atoms with Crippen molar-refractivity contribution in [2.45, 2.75) is 52.9 Å². The Morgan fingerprint density at radius 3 is 2.45 bits per heavy atom. The minimum Gasteiger partial charge on any atom is -0.0654 e. The molecule has 0 bridgehead atoms. The zero-order valence-electron chi connectivity index (χ0n) is 8.27. The quantitative estimate of drug-likeness (QED) is 0.527. The maximum atomic E-state index is 2.43. The van der Waals surface area contributed by atoms with Crippen molar-refractivity contribution in [1.29, 1.82) is 0 Å². The Bertz CT molecular complexity index is 107. The van der Waals surface area contributed by atoms with Gasteiger partial charge >= 0.3 is 0 Å². The Hall–Kier alpha value is 0. The van der Waals surface area contributed by atoms with Crippen LogP contribution in [0.5, 0.6) is 0 Å². The van der Waals surface area contributed by atoms with Gasteiger partial charge in [-0.25, -0.2) is 0 Å². The van der Waals surface area contributed by atoms with E-state index in [2.05, 4.69) is 20.8 Å². The summed E-state index contributed by atoms with van der Waals surface area (Å²) in [6.45, 7) is 7.11. The van der Waals surface area contributed by atoms with Gasteiger partial charge in [0.2, 0.25) is 0 Å². The second-order valence-electron chi connectivity index (χ2n) is 4.35. The Labute approximate surface area is 71.4 Å². The molecule has 0 nitrogen and oxygen atoms in total. The van der Waals surface area contributed by atoms with E-state index in [4.69, 9.17) is 0 Å². The highest BCUT2D eigenvalue weighted by Gasteiger charge is 2.36. The fourth-order valence-electron chi connectivity index (χ4n) is 2.07. The molecule has 0 spiro atoms. The molecular formula is C11H22. The maximum absolute atomic E-state index is 2.43. The smallest absolute Gasteiger partial charge is 0.0360 e. The lowest BCUT2D eigenvalue weighted by atomic mass is 9.97. The van der Waals surface area contributed by atoms with Crippen LogP contribution in [0.4, 0.5) is 0 Å². The number of hydrogen-bond acceptors (Lipinski definition) is 0. The molecule has 1 aliphatic carbocycles. The van der Waals surface area contributed by atoms with Crippen molar-refractivity contribution in [3.8, 4) is 0 Å². The van der Waals surface area contributed by atoms with Crippen LogP contribution in [0.1, 0.15) is 52.9 Å². The summed E-state index contributed by atoms with van der Waals surface area (Å²) in [7, 11) is 0. The molecule has 0 heterocycles. The highest BCUT2D eigenvalue weighted by atomic mass is 14.4. The lowest BCUT2D eigenvalue weighted by Crippen LogP contribution is -1.98. The summed E-state index contributed by atoms with van der Waals surface area (Å²) in [6, 6.07) is 0. The number of hydrogen-bond donors (Lipinski definition) is 0. The lowest BCUT2D eigenvalue weighted by molar-refractivity contribution is 0.427. The predicted octanol–water partition coefficient (Wildman–Crippen LogP) is 3.86. The van der Waals surface area contributed by atoms with Gasteiger partial charge in [-0.05, 0) is 24.2 Å². The van der Waals surface area contributed by atoms with Crippen molar-refractivity contribution in [3.05, 3.63) is 0 Å². The molecule has 1 aliphatic rings. The van der Waals surface area contributed by atoms with E-state index in [1.807, 2.05) is 0 Å². The zero-order chi connectivity index (χ0) is 8.27. The minimum absolute atomic E-state index is 1.01. The van der Waals surface area contributed by atoms with E-state index in [-0.39, 0.29) is 0 Å². The Balaban J connectivity index is 1.98. The summed E-state index contributed by atoms with van der Waals surface area (Å²) in [5, 5.41) is 0. The van der Waals surface area contributed by atoms with Gasteiger partial charge < -0.3 is 0 Å². The van der Waals surface area contributed by atoms with Crippen LogP contribution in [-0.4, -0.2) is 0 Å². The average molecular weight is 154 g/mol. The predicted molar refractivity (Wildman–Crippen MR) is 50.6 cm³/mol. The molecule has 0 aliphatic heterocycles. The molecule has 0 saturated heterocycles. The SMILES string of the molecule is CCCCCC(C)C1CC1C. The van der Waals surface area contributed by atoms with Gasteiger partial charge in [0.05, 0.1) is 0 Å². The second-order valence-corrected chi connectivity index (χ2v) is 4.35. The molecule has 0 radical (unpaired) electrons. The van der Waals surface area contributed by atoms with Crippen LogP contribution < -0.4 is 0 Å². The molecule has 0 heteroatoms. The molecule has 0 aromatic heterocycles. The van der Waals surface area contributed by atoms with Gasteiger partial charge in [0.15, 0.2) is 0 Å². The molecule has 11 heavy (non-hydrogen) atoms. The van der Waals surface area contributed by atoms with E-state index >= 15 is 0 Å². The Kier molecular flexibility index (Phi) is 3.42. The Morgan fingerprint density at radius 1 is 1.36 bits per heavy atom. The summed E-state index contributed by atoms with van der Waals surface area (Å²) in [5.74, 6) is 3.15. The Morgan fingerprint density at radius 2 is 2.00 bits per heavy atom. The molecule has 0 aromatic rings. The van der Waals surface area contributed by atoms with Crippen molar-refractivity contribution in [3.63, 3.8) is 0 Å². The van der Waals surface area contributed by atoms with E-state index < -0.39 is 0 Å². The van der Waals surface area contributed by atoms with Crippen LogP contribution in [0, 0.1) is 17.8 Å². The molecule has 3 unspecified atom stereocenters. The van der Waals surface area contributed by atoms with E-state index in [0.717, 1.165) is 17.8 Å². The third-order valence-electron chi connectivity index (χ3n) is 3.17. The van der Waals surface area contributed by atoms with Gasteiger partial charge in [-0.3, -0.25) is 0 Å². The summed E-state index contributed by atoms with van der Waals surface area (Å²) in [4.78, 5) is 0. The fraction of sp³-hybridized carbons (Fsp3) is 1.00. The first kappa shape index (κ1) is 9.09. The number of unbranched alkanes of at least 4 members (excludes halogenated alkanes) is 2. The third-order valence-corrected chi connectivity index (χ3v) is 3.17. The average Bonchev–Trinajstić information content (AvgIpc) is 2.67. The molecule has 0 aromatic carbocycles. The monoisotopic (exact) mass is 154 g/mol. The van der Waals surface area contributed by atoms with Gasteiger partial charge in [-0.15, -0.1) is 0 Å². The van der Waals surface area contributed by atoms with Crippen molar-refractivity contribution in [2.75, 3.05) is 0 Å². The molecule has 1 saturated carbocycles. The molecule has 1 rings (SSSR count). The minimum atomic E-state index is 1.01. The molecule has 0 amide bonds. The van der Waals surface area contributed by atoms with E-state index in [1.54, 1.807) is 0 Å². The van der Waals surface area contributed by atoms with Gasteiger partial charge in [-0.2, -0.15) is 0 Å². The van der Waals surface area contributed by atoms with Crippen LogP contribution in [0.15, 0.2) is 0 Å². The van der Waals surface area contributed by atoms with Gasteiger partial charge in [0.25, 0.3) is 0 Å². The van der Waals surface area contributed by atoms with Crippen LogP contribution in [-0.2, 0) is 0 Å². The topological polar surface area (TPSA) is 0 Å². The normalized spacial score (nSPS) is 31.9. The highest BCUT2D eigenvalue weighted by molar-refractivity contribution is 4.86. The van der Waals surface area contributed by atoms with E-state index in [9.17, 15) is 0 Å². The number of rotatable bonds is 5. The van der Waals surface area contributed by atoms with Crippen molar-refractivity contribution >= 4 is 0 Å². The fourth-order valence-corrected chi connectivity index (χ4v) is 2.07. The van der Waals surface area contributed by atoms with Gasteiger partial charge in [-0.1, -0.05) is 46.5 Å². The second kappa shape index (κ2) is 4.13. The van der Waals surface area contributed by atoms with Crippen molar-refractivity contribution in [1.82, 2.24) is 0 Å². The van der Waals surface area contributed by atoms with Gasteiger partial charge in [0, 0.05) is 0 Å². The van der Waals surface area contributed by atoms with E-state index in [0.29, 0.717) is 0 Å². The molecule has 3 atom stereocenters. The first-order chi connectivity index (χ1) is 5.25. The largest absolute Gasteiger partial charge is 0.0654 e. The van der Waals surface area contributed by atoms with Crippen LogP contribution in [0.25, 0.3) is 0 Å². The zero-order valence-corrected chi connectivity index (χ0v) is 8.27. The first-order valence-electron chi connectivity index (χ1n) is 5.25. The van der Waals surface area contributed by atoms with Crippen LogP contribution in [0.3, 0.4) is 0 Å². The maximum Gasteiger partial charge on any atom is -0.0360 e. The van der Waals surface area contributed by atoms with Crippen molar-refractivity contribution < 1.29 is 0 Å². The molecule has 0 N–H and O–H groups in total. The van der Waals surface area contributed by atoms with Crippen molar-refractivity contribution in [2.24, 2.45) is 17.8 Å². The van der Waals surface area contributed by atoms with Crippen LogP contribution in [0.2, 0.25) is 0 Å². The molecule has 66 valence electrons. The van der Waals surface area contributed by atoms with Crippen LogP contribution >= 0.6 is 0 Å². The van der Waals surface area contributed by atoms with E-state index in [1.165, 1.54) is 32.1 Å². The highest BCUT2D eigenvalue weighted by Crippen LogP contribution is 2.45.